The molecule has 178 valence electrons. The van der Waals surface area contributed by atoms with Crippen LogP contribution in [0.1, 0.15) is 15.9 Å². The van der Waals surface area contributed by atoms with Crippen LogP contribution in [0.25, 0.3) is 22.3 Å². The highest BCUT2D eigenvalue weighted by atomic mass is 16.2. The topological polar surface area (TPSA) is 80.0 Å². The van der Waals surface area contributed by atoms with E-state index >= 15 is 0 Å². The molecule has 3 heterocycles. The fraction of sp³-hybridized carbons (Fsp3) is 0.179. The van der Waals surface area contributed by atoms with Crippen molar-refractivity contribution in [3.05, 3.63) is 102 Å². The van der Waals surface area contributed by atoms with Gasteiger partial charge in [-0.05, 0) is 28.8 Å². The van der Waals surface area contributed by atoms with Crippen molar-refractivity contribution >= 4 is 22.9 Å². The third kappa shape index (κ3) is 4.29. The Morgan fingerprint density at radius 2 is 1.42 bits per heavy atom. The van der Waals surface area contributed by atoms with Gasteiger partial charge >= 0.3 is 0 Å². The number of anilines is 1. The zero-order valence-electron chi connectivity index (χ0n) is 19.7. The number of rotatable bonds is 5. The van der Waals surface area contributed by atoms with E-state index in [1.54, 1.807) is 11.0 Å². The van der Waals surface area contributed by atoms with E-state index in [-0.39, 0.29) is 5.91 Å². The molecule has 1 saturated heterocycles. The van der Waals surface area contributed by atoms with Crippen LogP contribution in [0.2, 0.25) is 0 Å². The molecule has 0 aliphatic carbocycles. The molecule has 0 atom stereocenters. The van der Waals surface area contributed by atoms with Gasteiger partial charge in [0.1, 0.15) is 6.33 Å². The number of hydrogen-bond acceptors (Lipinski definition) is 6. The van der Waals surface area contributed by atoms with Crippen molar-refractivity contribution < 1.29 is 4.79 Å². The van der Waals surface area contributed by atoms with Crippen LogP contribution in [0, 0.1) is 0 Å². The highest BCUT2D eigenvalue weighted by Gasteiger charge is 2.25. The Kier molecular flexibility index (Phi) is 5.83. The maximum Gasteiger partial charge on any atom is 0.253 e. The molecule has 1 aliphatic rings. The van der Waals surface area contributed by atoms with Gasteiger partial charge in [-0.2, -0.15) is 0 Å². The minimum atomic E-state index is 0.0518. The Labute approximate surface area is 208 Å². The van der Waals surface area contributed by atoms with Crippen LogP contribution in [-0.2, 0) is 6.54 Å². The molecule has 1 amide bonds. The van der Waals surface area contributed by atoms with Crippen molar-refractivity contribution in [3.63, 3.8) is 0 Å². The van der Waals surface area contributed by atoms with E-state index in [1.807, 2.05) is 65.6 Å². The zero-order chi connectivity index (χ0) is 24.3. The summed E-state index contributed by atoms with van der Waals surface area (Å²) in [7, 11) is 0. The largest absolute Gasteiger partial charge is 0.351 e. The Morgan fingerprint density at radius 3 is 2.14 bits per heavy atom. The number of amides is 1. The molecular formula is C28H25N7O. The maximum absolute atomic E-state index is 13.1. The van der Waals surface area contributed by atoms with Crippen LogP contribution in [0.15, 0.2) is 91.3 Å². The van der Waals surface area contributed by atoms with Crippen molar-refractivity contribution in [2.24, 2.45) is 0 Å². The maximum atomic E-state index is 13.1. The summed E-state index contributed by atoms with van der Waals surface area (Å²) in [5.74, 6) is 0.814. The summed E-state index contributed by atoms with van der Waals surface area (Å²) < 4.78 is 1.80. The number of carbonyl (C=O) groups excluding carboxylic acids is 1. The number of piperazine rings is 1. The molecule has 0 unspecified atom stereocenters. The number of fused-ring (bicyclic) bond motifs is 1. The fourth-order valence-electron chi connectivity index (χ4n) is 4.61. The van der Waals surface area contributed by atoms with Crippen LogP contribution < -0.4 is 4.90 Å². The standard InChI is InChI=1S/C28H25N7O/c36-28(24-13-11-23(12-14-24)22-9-5-2-6-10-22)34-17-15-33(16-18-34)26-25-27(30-20-29-26)35(32-31-25)19-21-7-3-1-4-8-21/h1-14,20H,15-19H2. The van der Waals surface area contributed by atoms with Gasteiger partial charge in [0.25, 0.3) is 5.91 Å². The predicted octanol–water partition coefficient (Wildman–Crippen LogP) is 3.90. The van der Waals surface area contributed by atoms with Gasteiger partial charge in [0.2, 0.25) is 0 Å². The first-order chi connectivity index (χ1) is 17.8. The molecule has 1 fully saturated rings. The second kappa shape index (κ2) is 9.58. The molecule has 8 heteroatoms. The quantitative estimate of drug-likeness (QED) is 0.384. The molecule has 0 spiro atoms. The normalized spacial score (nSPS) is 13.8. The molecule has 0 N–H and O–H groups in total. The van der Waals surface area contributed by atoms with Crippen molar-refractivity contribution in [1.82, 2.24) is 29.9 Å². The molecule has 3 aromatic carbocycles. The second-order valence-corrected chi connectivity index (χ2v) is 8.82. The molecular weight excluding hydrogens is 450 g/mol. The van der Waals surface area contributed by atoms with Gasteiger partial charge in [0.05, 0.1) is 6.54 Å². The third-order valence-corrected chi connectivity index (χ3v) is 6.56. The molecule has 0 bridgehead atoms. The van der Waals surface area contributed by atoms with Gasteiger partial charge < -0.3 is 9.80 Å². The van der Waals surface area contributed by atoms with E-state index in [0.29, 0.717) is 49.5 Å². The fourth-order valence-corrected chi connectivity index (χ4v) is 4.61. The lowest BCUT2D eigenvalue weighted by Gasteiger charge is -2.35. The average molecular weight is 476 g/mol. The van der Waals surface area contributed by atoms with Gasteiger partial charge in [0.15, 0.2) is 17.0 Å². The van der Waals surface area contributed by atoms with Gasteiger partial charge in [0, 0.05) is 31.7 Å². The van der Waals surface area contributed by atoms with E-state index < -0.39 is 0 Å². The number of carbonyl (C=O) groups is 1. The molecule has 2 aromatic heterocycles. The summed E-state index contributed by atoms with van der Waals surface area (Å²) in [5, 5.41) is 8.72. The average Bonchev–Trinajstić information content (AvgIpc) is 3.37. The Balaban J connectivity index is 1.14. The van der Waals surface area contributed by atoms with Crippen molar-refractivity contribution in [2.45, 2.75) is 6.54 Å². The molecule has 5 aromatic rings. The summed E-state index contributed by atoms with van der Waals surface area (Å²) in [6.45, 7) is 3.17. The Morgan fingerprint density at radius 1 is 0.750 bits per heavy atom. The summed E-state index contributed by atoms with van der Waals surface area (Å²) in [4.78, 5) is 26.2. The molecule has 0 radical (unpaired) electrons. The zero-order valence-corrected chi connectivity index (χ0v) is 19.7. The number of nitrogens with zero attached hydrogens (tertiary/aromatic N) is 7. The van der Waals surface area contributed by atoms with Gasteiger partial charge in [-0.15, -0.1) is 5.10 Å². The van der Waals surface area contributed by atoms with E-state index in [2.05, 4.69) is 49.4 Å². The highest BCUT2D eigenvalue weighted by Crippen LogP contribution is 2.24. The van der Waals surface area contributed by atoms with E-state index in [1.165, 1.54) is 0 Å². The van der Waals surface area contributed by atoms with Gasteiger partial charge in [-0.1, -0.05) is 78.0 Å². The third-order valence-electron chi connectivity index (χ3n) is 6.56. The van der Waals surface area contributed by atoms with Crippen molar-refractivity contribution in [3.8, 4) is 11.1 Å². The minimum Gasteiger partial charge on any atom is -0.351 e. The number of benzene rings is 3. The molecule has 0 saturated carbocycles. The lowest BCUT2D eigenvalue weighted by Crippen LogP contribution is -2.49. The van der Waals surface area contributed by atoms with Gasteiger partial charge in [-0.25, -0.2) is 14.6 Å². The van der Waals surface area contributed by atoms with Crippen LogP contribution in [0.3, 0.4) is 0 Å². The summed E-state index contributed by atoms with van der Waals surface area (Å²) in [5.41, 5.74) is 5.47. The SMILES string of the molecule is O=C(c1ccc(-c2ccccc2)cc1)N1CCN(c2ncnc3c2nnn3Cc2ccccc2)CC1. The van der Waals surface area contributed by atoms with E-state index in [9.17, 15) is 4.79 Å². The van der Waals surface area contributed by atoms with Crippen molar-refractivity contribution in [2.75, 3.05) is 31.1 Å². The first-order valence-corrected chi connectivity index (χ1v) is 12.0. The molecule has 8 nitrogen and oxygen atoms in total. The van der Waals surface area contributed by atoms with Crippen molar-refractivity contribution in [1.29, 1.82) is 0 Å². The van der Waals surface area contributed by atoms with Crippen LogP contribution >= 0.6 is 0 Å². The summed E-state index contributed by atoms with van der Waals surface area (Å²) >= 11 is 0. The van der Waals surface area contributed by atoms with Crippen LogP contribution in [-0.4, -0.2) is 61.9 Å². The minimum absolute atomic E-state index is 0.0518. The first-order valence-electron chi connectivity index (χ1n) is 12.0. The van der Waals surface area contributed by atoms with Gasteiger partial charge in [-0.3, -0.25) is 4.79 Å². The number of aromatic nitrogens is 5. The molecule has 6 rings (SSSR count). The molecule has 36 heavy (non-hydrogen) atoms. The smallest absolute Gasteiger partial charge is 0.253 e. The van der Waals surface area contributed by atoms with E-state index in [4.69, 9.17) is 0 Å². The predicted molar refractivity (Wildman–Crippen MR) is 139 cm³/mol. The van der Waals surface area contributed by atoms with Crippen LogP contribution in [0.5, 0.6) is 0 Å². The monoisotopic (exact) mass is 475 g/mol. The van der Waals surface area contributed by atoms with E-state index in [0.717, 1.165) is 22.5 Å². The number of hydrogen-bond donors (Lipinski definition) is 0. The summed E-state index contributed by atoms with van der Waals surface area (Å²) in [6, 6.07) is 28.1. The lowest BCUT2D eigenvalue weighted by molar-refractivity contribution is 0.0746. The Hall–Kier alpha value is -4.59. The molecule has 1 aliphatic heterocycles. The first kappa shape index (κ1) is 21.9. The highest BCUT2D eigenvalue weighted by molar-refractivity contribution is 5.95. The summed E-state index contributed by atoms with van der Waals surface area (Å²) in [6.07, 6.45) is 1.56. The van der Waals surface area contributed by atoms with Crippen LogP contribution in [0.4, 0.5) is 5.82 Å². The lowest BCUT2D eigenvalue weighted by atomic mass is 10.0. The second-order valence-electron chi connectivity index (χ2n) is 8.82. The Bertz CT molecular complexity index is 1480.